The summed E-state index contributed by atoms with van der Waals surface area (Å²) in [6, 6.07) is 11.2. The topological polar surface area (TPSA) is 51.7 Å². The molecule has 0 saturated carbocycles. The first-order valence-corrected chi connectivity index (χ1v) is 11.0. The van der Waals surface area contributed by atoms with Gasteiger partial charge in [-0.1, -0.05) is 42.0 Å². The molecule has 7 heteroatoms. The van der Waals surface area contributed by atoms with Gasteiger partial charge in [-0.05, 0) is 49.1 Å². The Balaban J connectivity index is 1.78. The van der Waals surface area contributed by atoms with Crippen LogP contribution in [0.3, 0.4) is 0 Å². The van der Waals surface area contributed by atoms with Gasteiger partial charge in [0.15, 0.2) is 5.13 Å². The molecule has 0 aliphatic carbocycles. The van der Waals surface area contributed by atoms with Crippen LogP contribution in [0.5, 0.6) is 5.75 Å². The average Bonchev–Trinajstić information content (AvgIpc) is 3.40. The summed E-state index contributed by atoms with van der Waals surface area (Å²) in [7, 11) is 1.55. The molecule has 1 aliphatic heterocycles. The molecule has 3 aromatic rings. The number of nitrogens with zero attached hydrogens (tertiary/aromatic N) is 2. The average molecular weight is 431 g/mol. The molecule has 0 bridgehead atoms. The third-order valence-corrected chi connectivity index (χ3v) is 6.43. The second-order valence-electron chi connectivity index (χ2n) is 7.01. The predicted molar refractivity (Wildman–Crippen MR) is 118 cm³/mol. The van der Waals surface area contributed by atoms with E-state index in [0.29, 0.717) is 28.0 Å². The van der Waals surface area contributed by atoms with Crippen molar-refractivity contribution < 1.29 is 14.3 Å². The summed E-state index contributed by atoms with van der Waals surface area (Å²) in [6.45, 7) is 3.29. The highest BCUT2D eigenvalue weighted by atomic mass is 35.5. The van der Waals surface area contributed by atoms with Gasteiger partial charge in [0.05, 0.1) is 35.5 Å². The number of thiazole rings is 1. The van der Waals surface area contributed by atoms with Crippen molar-refractivity contribution in [2.45, 2.75) is 32.3 Å². The number of carbonyl (C=O) groups is 1. The predicted octanol–water partition coefficient (Wildman–Crippen LogP) is 5.35. The number of aromatic nitrogens is 1. The highest BCUT2D eigenvalue weighted by Gasteiger charge is 2.29. The Hall–Kier alpha value is -2.15. The summed E-state index contributed by atoms with van der Waals surface area (Å²) >= 11 is 7.70. The minimum Gasteiger partial charge on any atom is -0.496 e. The third-order valence-electron chi connectivity index (χ3n) is 5.15. The van der Waals surface area contributed by atoms with E-state index in [9.17, 15) is 4.79 Å². The molecule has 1 saturated heterocycles. The van der Waals surface area contributed by atoms with E-state index in [4.69, 9.17) is 26.1 Å². The SMILES string of the molecule is CCc1cccc2sc(N(CC3CCCO3)C(=O)c3cc(Cl)ccc3OC)nc12. The van der Waals surface area contributed by atoms with Gasteiger partial charge in [-0.25, -0.2) is 4.98 Å². The van der Waals surface area contributed by atoms with E-state index in [1.165, 1.54) is 16.9 Å². The van der Waals surface area contributed by atoms with E-state index in [-0.39, 0.29) is 12.0 Å². The summed E-state index contributed by atoms with van der Waals surface area (Å²) in [5, 5.41) is 1.16. The molecule has 1 aliphatic rings. The number of carbonyl (C=O) groups excluding carboxylic acids is 1. The number of hydrogen-bond donors (Lipinski definition) is 0. The molecule has 1 atom stereocenters. The molecule has 1 amide bonds. The second kappa shape index (κ2) is 8.69. The number of benzene rings is 2. The van der Waals surface area contributed by atoms with Gasteiger partial charge in [-0.2, -0.15) is 0 Å². The molecule has 1 aromatic heterocycles. The van der Waals surface area contributed by atoms with Crippen LogP contribution in [0.15, 0.2) is 36.4 Å². The number of ether oxygens (including phenoxy) is 2. The van der Waals surface area contributed by atoms with Crippen molar-refractivity contribution in [2.24, 2.45) is 0 Å². The van der Waals surface area contributed by atoms with Crippen molar-refractivity contribution in [3.8, 4) is 5.75 Å². The highest BCUT2D eigenvalue weighted by Crippen LogP contribution is 2.34. The molecule has 4 rings (SSSR count). The smallest absolute Gasteiger partial charge is 0.263 e. The minimum absolute atomic E-state index is 0.00165. The van der Waals surface area contributed by atoms with Crippen LogP contribution in [0.2, 0.25) is 5.02 Å². The lowest BCUT2D eigenvalue weighted by Gasteiger charge is -2.24. The maximum absolute atomic E-state index is 13.6. The van der Waals surface area contributed by atoms with Crippen LogP contribution in [-0.4, -0.2) is 37.3 Å². The van der Waals surface area contributed by atoms with Crippen molar-refractivity contribution in [2.75, 3.05) is 25.2 Å². The van der Waals surface area contributed by atoms with Gasteiger partial charge in [0.2, 0.25) is 0 Å². The molecule has 1 unspecified atom stereocenters. The van der Waals surface area contributed by atoms with Crippen molar-refractivity contribution in [1.82, 2.24) is 4.98 Å². The minimum atomic E-state index is -0.183. The highest BCUT2D eigenvalue weighted by molar-refractivity contribution is 7.22. The Morgan fingerprint density at radius 3 is 2.97 bits per heavy atom. The zero-order valence-electron chi connectivity index (χ0n) is 16.5. The first-order valence-electron chi connectivity index (χ1n) is 9.76. The first kappa shape index (κ1) is 20.1. The molecule has 0 N–H and O–H groups in total. The Morgan fingerprint density at radius 2 is 2.24 bits per heavy atom. The van der Waals surface area contributed by atoms with Gasteiger partial charge < -0.3 is 9.47 Å². The van der Waals surface area contributed by atoms with Crippen LogP contribution in [0.4, 0.5) is 5.13 Å². The monoisotopic (exact) mass is 430 g/mol. The maximum Gasteiger partial charge on any atom is 0.263 e. The Bertz CT molecular complexity index is 1030. The van der Waals surface area contributed by atoms with Gasteiger partial charge in [-0.3, -0.25) is 9.69 Å². The lowest BCUT2D eigenvalue weighted by Crippen LogP contribution is -2.37. The van der Waals surface area contributed by atoms with Gasteiger partial charge in [0.1, 0.15) is 5.75 Å². The number of fused-ring (bicyclic) bond motifs is 1. The molecule has 0 radical (unpaired) electrons. The Morgan fingerprint density at radius 1 is 1.38 bits per heavy atom. The van der Waals surface area contributed by atoms with E-state index in [2.05, 4.69) is 13.0 Å². The number of para-hydroxylation sites is 1. The number of halogens is 1. The second-order valence-corrected chi connectivity index (χ2v) is 8.45. The summed E-state index contributed by atoms with van der Waals surface area (Å²) in [6.07, 6.45) is 2.83. The summed E-state index contributed by atoms with van der Waals surface area (Å²) in [5.74, 6) is 0.309. The zero-order chi connectivity index (χ0) is 20.4. The van der Waals surface area contributed by atoms with Crippen molar-refractivity contribution in [3.63, 3.8) is 0 Å². The molecule has 0 spiro atoms. The van der Waals surface area contributed by atoms with E-state index in [1.807, 2.05) is 12.1 Å². The quantitative estimate of drug-likeness (QED) is 0.529. The molecular formula is C22H23ClN2O3S. The summed E-state index contributed by atoms with van der Waals surface area (Å²) in [4.78, 5) is 20.2. The number of hydrogen-bond acceptors (Lipinski definition) is 5. The van der Waals surface area contributed by atoms with Gasteiger partial charge in [-0.15, -0.1) is 0 Å². The normalized spacial score (nSPS) is 16.3. The molecule has 1 fully saturated rings. The fourth-order valence-corrected chi connectivity index (χ4v) is 4.82. The van der Waals surface area contributed by atoms with Gasteiger partial charge >= 0.3 is 0 Å². The summed E-state index contributed by atoms with van der Waals surface area (Å²) in [5.41, 5.74) is 2.56. The van der Waals surface area contributed by atoms with Gasteiger partial charge in [0.25, 0.3) is 5.91 Å². The zero-order valence-corrected chi connectivity index (χ0v) is 18.1. The van der Waals surface area contributed by atoms with Crippen LogP contribution in [0, 0.1) is 0 Å². The van der Waals surface area contributed by atoms with Crippen molar-refractivity contribution >= 4 is 44.2 Å². The van der Waals surface area contributed by atoms with Crippen LogP contribution in [0.25, 0.3) is 10.2 Å². The van der Waals surface area contributed by atoms with Crippen molar-refractivity contribution in [3.05, 3.63) is 52.5 Å². The Labute approximate surface area is 179 Å². The Kier molecular flexibility index (Phi) is 6.04. The largest absolute Gasteiger partial charge is 0.496 e. The lowest BCUT2D eigenvalue weighted by atomic mass is 10.1. The summed E-state index contributed by atoms with van der Waals surface area (Å²) < 4.78 is 12.3. The fourth-order valence-electron chi connectivity index (χ4n) is 3.63. The molecule has 2 heterocycles. The number of methoxy groups -OCH3 is 1. The molecular weight excluding hydrogens is 408 g/mol. The molecule has 2 aromatic carbocycles. The van der Waals surface area contributed by atoms with E-state index >= 15 is 0 Å². The molecule has 5 nitrogen and oxygen atoms in total. The van der Waals surface area contributed by atoms with Crippen LogP contribution in [-0.2, 0) is 11.2 Å². The fraction of sp³-hybridized carbons (Fsp3) is 0.364. The number of rotatable bonds is 6. The van der Waals surface area contributed by atoms with Crippen LogP contribution < -0.4 is 9.64 Å². The number of aryl methyl sites for hydroxylation is 1. The van der Waals surface area contributed by atoms with E-state index in [1.54, 1.807) is 30.2 Å². The first-order chi connectivity index (χ1) is 14.1. The number of amides is 1. The van der Waals surface area contributed by atoms with E-state index in [0.717, 1.165) is 36.1 Å². The lowest BCUT2D eigenvalue weighted by molar-refractivity contribution is 0.0915. The molecule has 29 heavy (non-hydrogen) atoms. The van der Waals surface area contributed by atoms with Crippen LogP contribution >= 0.6 is 22.9 Å². The third kappa shape index (κ3) is 4.10. The van der Waals surface area contributed by atoms with Crippen LogP contribution in [0.1, 0.15) is 35.7 Å². The van der Waals surface area contributed by atoms with E-state index < -0.39 is 0 Å². The number of anilines is 1. The van der Waals surface area contributed by atoms with Crippen molar-refractivity contribution in [1.29, 1.82) is 0 Å². The molecule has 152 valence electrons. The standard InChI is InChI=1S/C22H23ClN2O3S/c1-3-14-6-4-8-19-20(14)24-22(29-19)25(13-16-7-5-11-28-16)21(26)17-12-15(23)9-10-18(17)27-2/h4,6,8-10,12,16H,3,5,7,11,13H2,1-2H3. The maximum atomic E-state index is 13.6. The van der Waals surface area contributed by atoms with Gasteiger partial charge in [0, 0.05) is 11.6 Å².